The molecule has 2 amide bonds. The number of hydrogen-bond donors (Lipinski definition) is 3. The molecule has 226 valence electrons. The standard InChI is InChI=1S/C34H47N5O3/c1-3-26(40)15-8-5-9-16-28(36-32(41)27-23-34(27)17-20-39(4-2)21-18-34)29-30-33(42)35-19-10-6-7-12-24-13-11-14-25(22-24)31(37-29)38-30/h7,11-14,22,27-28H,3-6,8-10,15-21,23H2,1-2H3,(H,35,42)(H,36,41)(H,37,38)/b12-7-/t27-,28+/m1/s1. The minimum Gasteiger partial charge on any atom is -0.351 e. The lowest BCUT2D eigenvalue weighted by Crippen LogP contribution is -2.38. The number of rotatable bonds is 11. The highest BCUT2D eigenvalue weighted by Gasteiger charge is 2.58. The zero-order chi connectivity index (χ0) is 29.5. The average Bonchev–Trinajstić information content (AvgIpc) is 3.51. The van der Waals surface area contributed by atoms with Crippen LogP contribution in [0.3, 0.4) is 0 Å². The lowest BCUT2D eigenvalue weighted by atomic mass is 9.90. The van der Waals surface area contributed by atoms with Crippen LogP contribution in [0.15, 0.2) is 30.3 Å². The number of H-pyrrole nitrogens is 1. The third-order valence-corrected chi connectivity index (χ3v) is 9.56. The molecule has 1 aromatic carbocycles. The van der Waals surface area contributed by atoms with Crippen LogP contribution >= 0.6 is 0 Å². The number of carbonyl (C=O) groups excluding carboxylic acids is 3. The molecule has 4 bridgehead atoms. The molecule has 1 aliphatic carbocycles. The summed E-state index contributed by atoms with van der Waals surface area (Å²) in [5, 5.41) is 6.42. The van der Waals surface area contributed by atoms with E-state index in [9.17, 15) is 14.4 Å². The van der Waals surface area contributed by atoms with Crippen LogP contribution < -0.4 is 10.6 Å². The molecule has 2 fully saturated rings. The van der Waals surface area contributed by atoms with Crippen LogP contribution in [0.25, 0.3) is 17.5 Å². The average molecular weight is 574 g/mol. The molecule has 1 saturated carbocycles. The second kappa shape index (κ2) is 13.8. The number of carbonyl (C=O) groups is 3. The summed E-state index contributed by atoms with van der Waals surface area (Å²) in [6, 6.07) is 7.79. The van der Waals surface area contributed by atoms with Crippen molar-refractivity contribution >= 4 is 23.7 Å². The van der Waals surface area contributed by atoms with Gasteiger partial charge in [-0.3, -0.25) is 14.4 Å². The molecule has 1 spiro atoms. The first-order valence-corrected chi connectivity index (χ1v) is 16.1. The van der Waals surface area contributed by atoms with Crippen molar-refractivity contribution in [2.24, 2.45) is 11.3 Å². The number of aromatic amines is 1. The fraction of sp³-hybridized carbons (Fsp3) is 0.588. The van der Waals surface area contributed by atoms with E-state index in [1.165, 1.54) is 0 Å². The summed E-state index contributed by atoms with van der Waals surface area (Å²) in [7, 11) is 0. The highest BCUT2D eigenvalue weighted by Crippen LogP contribution is 2.59. The first kappa shape index (κ1) is 30.2. The summed E-state index contributed by atoms with van der Waals surface area (Å²) < 4.78 is 0. The van der Waals surface area contributed by atoms with Crippen molar-refractivity contribution in [2.45, 2.75) is 90.5 Å². The predicted octanol–water partition coefficient (Wildman–Crippen LogP) is 5.82. The quantitative estimate of drug-likeness (QED) is 0.294. The van der Waals surface area contributed by atoms with E-state index >= 15 is 0 Å². The number of ketones is 1. The van der Waals surface area contributed by atoms with Crippen molar-refractivity contribution in [1.29, 1.82) is 0 Å². The largest absolute Gasteiger partial charge is 0.351 e. The Morgan fingerprint density at radius 2 is 2.00 bits per heavy atom. The molecule has 1 saturated heterocycles. The number of allylic oxidation sites excluding steroid dienone is 1. The smallest absolute Gasteiger partial charge is 0.271 e. The minimum absolute atomic E-state index is 0.0298. The zero-order valence-electron chi connectivity index (χ0n) is 25.3. The SMILES string of the molecule is CCC(=O)CCCCC[C@H](NC(=O)[C@H]1CC12CCN(CC)CC2)c1[nH]c2nc1C(=O)NCCC/C=C\c1cccc-2c1. The first-order chi connectivity index (χ1) is 20.4. The van der Waals surface area contributed by atoms with E-state index in [4.69, 9.17) is 4.98 Å². The van der Waals surface area contributed by atoms with Gasteiger partial charge in [-0.1, -0.05) is 57.0 Å². The van der Waals surface area contributed by atoms with Crippen LogP contribution in [0.1, 0.15) is 112 Å². The number of piperidine rings is 1. The summed E-state index contributed by atoms with van der Waals surface area (Å²) in [6.45, 7) is 7.84. The molecule has 8 heteroatoms. The normalized spacial score (nSPS) is 21.4. The number of amides is 2. The third-order valence-electron chi connectivity index (χ3n) is 9.56. The zero-order valence-corrected chi connectivity index (χ0v) is 25.3. The van der Waals surface area contributed by atoms with E-state index in [0.717, 1.165) is 82.1 Å². The van der Waals surface area contributed by atoms with Crippen LogP contribution in [-0.4, -0.2) is 58.6 Å². The molecule has 2 aliphatic heterocycles. The van der Waals surface area contributed by atoms with Crippen molar-refractivity contribution < 1.29 is 14.4 Å². The van der Waals surface area contributed by atoms with Gasteiger partial charge in [0.05, 0.1) is 11.7 Å². The number of aromatic nitrogens is 2. The van der Waals surface area contributed by atoms with Crippen molar-refractivity contribution in [1.82, 2.24) is 25.5 Å². The lowest BCUT2D eigenvalue weighted by molar-refractivity contribution is -0.124. The molecule has 2 aromatic rings. The van der Waals surface area contributed by atoms with Gasteiger partial charge < -0.3 is 20.5 Å². The molecule has 3 aliphatic rings. The Morgan fingerprint density at radius 3 is 2.79 bits per heavy atom. The molecule has 42 heavy (non-hydrogen) atoms. The molecule has 2 atom stereocenters. The second-order valence-corrected chi connectivity index (χ2v) is 12.4. The summed E-state index contributed by atoms with van der Waals surface area (Å²) in [6.07, 6.45) is 13.5. The molecule has 5 rings (SSSR count). The lowest BCUT2D eigenvalue weighted by Gasteiger charge is -2.32. The van der Waals surface area contributed by atoms with Crippen molar-refractivity contribution in [3.63, 3.8) is 0 Å². The molecule has 0 radical (unpaired) electrons. The van der Waals surface area contributed by atoms with Gasteiger partial charge in [-0.05, 0) is 81.6 Å². The third kappa shape index (κ3) is 7.20. The van der Waals surface area contributed by atoms with Crippen LogP contribution in [0.5, 0.6) is 0 Å². The number of imidazole rings is 1. The maximum atomic E-state index is 13.7. The number of nitrogens with one attached hydrogen (secondary N) is 3. The van der Waals surface area contributed by atoms with Gasteiger partial charge >= 0.3 is 0 Å². The van der Waals surface area contributed by atoms with Crippen molar-refractivity contribution in [3.8, 4) is 11.4 Å². The van der Waals surface area contributed by atoms with Crippen LogP contribution in [0.2, 0.25) is 0 Å². The summed E-state index contributed by atoms with van der Waals surface area (Å²) in [5.74, 6) is 0.828. The molecular weight excluding hydrogens is 526 g/mol. The number of Topliss-reactive ketones (excluding diaryl/α,β-unsaturated/α-hetero) is 1. The van der Waals surface area contributed by atoms with E-state index in [1.54, 1.807) is 0 Å². The van der Waals surface area contributed by atoms with E-state index in [0.29, 0.717) is 43.0 Å². The molecule has 0 unspecified atom stereocenters. The second-order valence-electron chi connectivity index (χ2n) is 12.4. The van der Waals surface area contributed by atoms with Crippen LogP contribution in [0, 0.1) is 11.3 Å². The van der Waals surface area contributed by atoms with Gasteiger partial charge in [0.15, 0.2) is 5.69 Å². The number of likely N-dealkylation sites (tertiary alicyclic amines) is 1. The first-order valence-electron chi connectivity index (χ1n) is 16.1. The summed E-state index contributed by atoms with van der Waals surface area (Å²) in [5.41, 5.74) is 3.15. The maximum Gasteiger partial charge on any atom is 0.271 e. The number of benzene rings is 1. The van der Waals surface area contributed by atoms with Crippen LogP contribution in [0.4, 0.5) is 0 Å². The van der Waals surface area contributed by atoms with E-state index in [1.807, 2.05) is 19.1 Å². The van der Waals surface area contributed by atoms with Gasteiger partial charge in [0.2, 0.25) is 5.91 Å². The van der Waals surface area contributed by atoms with Gasteiger partial charge in [-0.2, -0.15) is 0 Å². The van der Waals surface area contributed by atoms with Gasteiger partial charge in [0, 0.05) is 30.9 Å². The molecule has 3 heterocycles. The van der Waals surface area contributed by atoms with E-state index in [-0.39, 0.29) is 35.0 Å². The molecular formula is C34H47N5O3. The highest BCUT2D eigenvalue weighted by atomic mass is 16.2. The fourth-order valence-corrected chi connectivity index (χ4v) is 6.63. The maximum absolute atomic E-state index is 13.7. The van der Waals surface area contributed by atoms with E-state index in [2.05, 4.69) is 51.7 Å². The minimum atomic E-state index is -0.356. The number of unbranched alkanes of at least 4 members (excludes halogenated alkanes) is 2. The van der Waals surface area contributed by atoms with Gasteiger partial charge in [0.25, 0.3) is 5.91 Å². The highest BCUT2D eigenvalue weighted by molar-refractivity contribution is 5.94. The topological polar surface area (TPSA) is 107 Å². The Kier molecular flexibility index (Phi) is 9.93. The Labute approximate surface area is 250 Å². The van der Waals surface area contributed by atoms with Gasteiger partial charge in [0.1, 0.15) is 11.6 Å². The van der Waals surface area contributed by atoms with E-state index < -0.39 is 0 Å². The fourth-order valence-electron chi connectivity index (χ4n) is 6.63. The number of hydrogen-bond acceptors (Lipinski definition) is 5. The Bertz CT molecular complexity index is 1290. The Morgan fingerprint density at radius 1 is 1.17 bits per heavy atom. The molecule has 1 aromatic heterocycles. The van der Waals surface area contributed by atoms with Crippen molar-refractivity contribution in [3.05, 3.63) is 47.3 Å². The molecule has 8 nitrogen and oxygen atoms in total. The predicted molar refractivity (Wildman–Crippen MR) is 166 cm³/mol. The summed E-state index contributed by atoms with van der Waals surface area (Å²) >= 11 is 0. The van der Waals surface area contributed by atoms with Gasteiger partial charge in [-0.25, -0.2) is 4.98 Å². The van der Waals surface area contributed by atoms with Crippen LogP contribution in [-0.2, 0) is 9.59 Å². The Balaban J connectivity index is 1.39. The Hall–Kier alpha value is -3.26. The monoisotopic (exact) mass is 573 g/mol. The summed E-state index contributed by atoms with van der Waals surface area (Å²) in [4.78, 5) is 49.7. The number of nitrogens with zero attached hydrogens (tertiary/aromatic N) is 2. The van der Waals surface area contributed by atoms with Gasteiger partial charge in [-0.15, -0.1) is 0 Å². The van der Waals surface area contributed by atoms with Crippen molar-refractivity contribution in [2.75, 3.05) is 26.2 Å². The molecule has 3 N–H and O–H groups in total. The number of fused-ring (bicyclic) bond motifs is 5.